The number of aliphatic hydroxyl groups is 1. The number of ether oxygens (including phenoxy) is 1. The Morgan fingerprint density at radius 2 is 1.80 bits per heavy atom. The van der Waals surface area contributed by atoms with E-state index in [1.165, 1.54) is 0 Å². The third kappa shape index (κ3) is 3.62. The summed E-state index contributed by atoms with van der Waals surface area (Å²) < 4.78 is 5.67. The van der Waals surface area contributed by atoms with Crippen LogP contribution in [-0.2, 0) is 0 Å². The van der Waals surface area contributed by atoms with E-state index in [0.29, 0.717) is 18.3 Å². The maximum Gasteiger partial charge on any atom is 0.127 e. The summed E-state index contributed by atoms with van der Waals surface area (Å²) in [6.45, 7) is 4.77. The molecule has 0 aliphatic carbocycles. The quantitative estimate of drug-likeness (QED) is 0.757. The number of benzene rings is 2. The van der Waals surface area contributed by atoms with Crippen LogP contribution in [0.25, 0.3) is 10.8 Å². The molecule has 2 aromatic carbocycles. The van der Waals surface area contributed by atoms with Crippen molar-refractivity contribution in [2.45, 2.75) is 26.0 Å². The van der Waals surface area contributed by atoms with E-state index in [9.17, 15) is 10.2 Å². The Morgan fingerprint density at radius 1 is 1.10 bits per heavy atom. The molecule has 0 saturated carbocycles. The van der Waals surface area contributed by atoms with Gasteiger partial charge in [0.2, 0.25) is 0 Å². The molecule has 4 nitrogen and oxygen atoms in total. The maximum absolute atomic E-state index is 9.85. The molecule has 0 aliphatic rings. The van der Waals surface area contributed by atoms with Crippen LogP contribution in [0.3, 0.4) is 0 Å². The first-order valence-corrected chi connectivity index (χ1v) is 6.83. The number of phenols is 1. The minimum atomic E-state index is -0.565. The first-order chi connectivity index (χ1) is 9.58. The molecule has 0 fully saturated rings. The lowest BCUT2D eigenvalue weighted by atomic mass is 10.1. The van der Waals surface area contributed by atoms with Gasteiger partial charge in [0, 0.05) is 23.4 Å². The fourth-order valence-electron chi connectivity index (χ4n) is 2.00. The molecule has 3 N–H and O–H groups in total. The molecule has 0 aliphatic heterocycles. The Morgan fingerprint density at radius 3 is 2.50 bits per heavy atom. The van der Waals surface area contributed by atoms with E-state index >= 15 is 0 Å². The van der Waals surface area contributed by atoms with Gasteiger partial charge in [0.15, 0.2) is 0 Å². The Labute approximate surface area is 119 Å². The van der Waals surface area contributed by atoms with Gasteiger partial charge >= 0.3 is 0 Å². The molecule has 2 rings (SSSR count). The number of hydrogen-bond donors (Lipinski definition) is 3. The minimum absolute atomic E-state index is 0.217. The number of hydrogen-bond acceptors (Lipinski definition) is 4. The topological polar surface area (TPSA) is 61.7 Å². The zero-order valence-electron chi connectivity index (χ0n) is 11.8. The van der Waals surface area contributed by atoms with Crippen molar-refractivity contribution in [3.63, 3.8) is 0 Å². The van der Waals surface area contributed by atoms with E-state index in [4.69, 9.17) is 4.74 Å². The summed E-state index contributed by atoms with van der Waals surface area (Å²) >= 11 is 0. The summed E-state index contributed by atoms with van der Waals surface area (Å²) in [6.07, 6.45) is -0.565. The summed E-state index contributed by atoms with van der Waals surface area (Å²) in [7, 11) is 0. The molecular formula is C16H21NO3. The van der Waals surface area contributed by atoms with Crippen LogP contribution >= 0.6 is 0 Å². The van der Waals surface area contributed by atoms with Gasteiger partial charge in [0.25, 0.3) is 0 Å². The molecule has 2 aromatic rings. The zero-order chi connectivity index (χ0) is 14.5. The molecule has 0 saturated heterocycles. The predicted octanol–water partition coefficient (Wildman–Crippen LogP) is 2.28. The smallest absolute Gasteiger partial charge is 0.127 e. The van der Waals surface area contributed by atoms with E-state index in [1.54, 1.807) is 12.1 Å². The Kier molecular flexibility index (Phi) is 4.82. The average molecular weight is 275 g/mol. The minimum Gasteiger partial charge on any atom is -0.507 e. The SMILES string of the molecule is CC(C)NC[C@@H](O)COc1ccc(O)c2ccccc12. The highest BCUT2D eigenvalue weighted by atomic mass is 16.5. The van der Waals surface area contributed by atoms with Gasteiger partial charge in [0.05, 0.1) is 0 Å². The van der Waals surface area contributed by atoms with Crippen LogP contribution in [0.1, 0.15) is 13.8 Å². The lowest BCUT2D eigenvalue weighted by molar-refractivity contribution is 0.105. The number of rotatable bonds is 6. The summed E-state index contributed by atoms with van der Waals surface area (Å²) in [4.78, 5) is 0. The highest BCUT2D eigenvalue weighted by Gasteiger charge is 2.09. The largest absolute Gasteiger partial charge is 0.507 e. The molecule has 20 heavy (non-hydrogen) atoms. The van der Waals surface area contributed by atoms with Gasteiger partial charge in [-0.1, -0.05) is 38.1 Å². The molecule has 0 amide bonds. The monoisotopic (exact) mass is 275 g/mol. The first-order valence-electron chi connectivity index (χ1n) is 6.83. The van der Waals surface area contributed by atoms with E-state index in [-0.39, 0.29) is 12.4 Å². The summed E-state index contributed by atoms with van der Waals surface area (Å²) in [5.41, 5.74) is 0. The molecule has 0 bridgehead atoms. The highest BCUT2D eigenvalue weighted by Crippen LogP contribution is 2.32. The van der Waals surface area contributed by atoms with Crippen LogP contribution in [0.2, 0.25) is 0 Å². The van der Waals surface area contributed by atoms with Crippen LogP contribution in [0.5, 0.6) is 11.5 Å². The van der Waals surface area contributed by atoms with Gasteiger partial charge in [0.1, 0.15) is 24.2 Å². The number of aromatic hydroxyl groups is 1. The molecule has 0 unspecified atom stereocenters. The predicted molar refractivity (Wildman–Crippen MR) is 80.3 cm³/mol. The second-order valence-corrected chi connectivity index (χ2v) is 5.16. The van der Waals surface area contributed by atoms with Gasteiger partial charge in [-0.2, -0.15) is 0 Å². The highest BCUT2D eigenvalue weighted by molar-refractivity contribution is 5.92. The van der Waals surface area contributed by atoms with Crippen molar-refractivity contribution < 1.29 is 14.9 Å². The summed E-state index contributed by atoms with van der Waals surface area (Å²) in [5.74, 6) is 0.900. The summed E-state index contributed by atoms with van der Waals surface area (Å²) in [6, 6.07) is 11.2. The molecule has 0 spiro atoms. The molecule has 0 radical (unpaired) electrons. The van der Waals surface area contributed by atoms with Crippen molar-refractivity contribution in [1.29, 1.82) is 0 Å². The van der Waals surface area contributed by atoms with Crippen molar-refractivity contribution in [1.82, 2.24) is 5.32 Å². The third-order valence-electron chi connectivity index (χ3n) is 3.05. The van der Waals surface area contributed by atoms with E-state index in [2.05, 4.69) is 5.32 Å². The lowest BCUT2D eigenvalue weighted by Gasteiger charge is -2.16. The zero-order valence-corrected chi connectivity index (χ0v) is 11.8. The van der Waals surface area contributed by atoms with Gasteiger partial charge in [-0.25, -0.2) is 0 Å². The third-order valence-corrected chi connectivity index (χ3v) is 3.05. The molecular weight excluding hydrogens is 254 g/mol. The first kappa shape index (κ1) is 14.6. The van der Waals surface area contributed by atoms with Gasteiger partial charge in [-0.3, -0.25) is 0 Å². The van der Waals surface area contributed by atoms with Crippen molar-refractivity contribution in [3.8, 4) is 11.5 Å². The van der Waals surface area contributed by atoms with Gasteiger partial charge < -0.3 is 20.3 Å². The van der Waals surface area contributed by atoms with Gasteiger partial charge in [-0.15, -0.1) is 0 Å². The van der Waals surface area contributed by atoms with Gasteiger partial charge in [-0.05, 0) is 12.1 Å². The molecule has 4 heteroatoms. The van der Waals surface area contributed by atoms with E-state index in [0.717, 1.165) is 10.8 Å². The Hall–Kier alpha value is -1.78. The lowest BCUT2D eigenvalue weighted by Crippen LogP contribution is -2.35. The van der Waals surface area contributed by atoms with Crippen LogP contribution in [0.4, 0.5) is 0 Å². The summed E-state index contributed by atoms with van der Waals surface area (Å²) in [5, 5.41) is 24.4. The molecule has 0 heterocycles. The van der Waals surface area contributed by atoms with Crippen molar-refractivity contribution in [2.24, 2.45) is 0 Å². The number of phenolic OH excluding ortho intramolecular Hbond substituents is 1. The molecule has 1 atom stereocenters. The number of fused-ring (bicyclic) bond motifs is 1. The Balaban J connectivity index is 2.05. The van der Waals surface area contributed by atoms with Crippen molar-refractivity contribution in [2.75, 3.05) is 13.2 Å². The molecule has 0 aromatic heterocycles. The van der Waals surface area contributed by atoms with E-state index < -0.39 is 6.10 Å². The van der Waals surface area contributed by atoms with Crippen LogP contribution in [-0.4, -0.2) is 35.5 Å². The normalized spacial score (nSPS) is 12.8. The number of nitrogens with one attached hydrogen (secondary N) is 1. The van der Waals surface area contributed by atoms with Crippen LogP contribution < -0.4 is 10.1 Å². The second kappa shape index (κ2) is 6.59. The molecule has 108 valence electrons. The average Bonchev–Trinajstić information content (AvgIpc) is 2.45. The fourth-order valence-corrected chi connectivity index (χ4v) is 2.00. The fraction of sp³-hybridized carbons (Fsp3) is 0.375. The van der Waals surface area contributed by atoms with Crippen LogP contribution in [0.15, 0.2) is 36.4 Å². The number of aliphatic hydroxyl groups excluding tert-OH is 1. The van der Waals surface area contributed by atoms with Crippen molar-refractivity contribution >= 4 is 10.8 Å². The van der Waals surface area contributed by atoms with Crippen LogP contribution in [0, 0.1) is 0 Å². The standard InChI is InChI=1S/C16H21NO3/c1-11(2)17-9-12(18)10-20-16-8-7-15(19)13-5-3-4-6-14(13)16/h3-8,11-12,17-19H,9-10H2,1-2H3/t12-/m1/s1. The second-order valence-electron chi connectivity index (χ2n) is 5.16. The maximum atomic E-state index is 9.85. The van der Waals surface area contributed by atoms with E-state index in [1.807, 2.05) is 38.1 Å². The Bertz CT molecular complexity index is 569. The van der Waals surface area contributed by atoms with Crippen molar-refractivity contribution in [3.05, 3.63) is 36.4 Å².